The highest BCUT2D eigenvalue weighted by Gasteiger charge is 2.28. The van der Waals surface area contributed by atoms with E-state index in [1.165, 1.54) is 143 Å². The SMILES string of the molecule is CCCCCCc1ccc(-c2sc(-c3cc4c(cc3F)c3c(c5cc(F)c(-c6cc(CCCCCC)c(-c7ccc(CCCCCC)s7)s6)cc5n3CC(CC)CCCC)n4CC(CC)CCCC)cc2CCCCCC)s1. The van der Waals surface area contributed by atoms with Crippen LogP contribution in [0.25, 0.3) is 73.2 Å². The maximum Gasteiger partial charge on any atom is 0.132 e. The zero-order valence-corrected chi connectivity index (χ0v) is 52.7. The van der Waals surface area contributed by atoms with Crippen LogP contribution in [0.4, 0.5) is 8.78 Å². The van der Waals surface area contributed by atoms with Gasteiger partial charge in [-0.3, -0.25) is 0 Å². The first-order valence-electron chi connectivity index (χ1n) is 31.6. The van der Waals surface area contributed by atoms with Crippen molar-refractivity contribution in [3.8, 4) is 40.4 Å². The molecule has 0 amide bonds. The summed E-state index contributed by atoms with van der Waals surface area (Å²) in [6.07, 6.45) is 33.1. The van der Waals surface area contributed by atoms with Gasteiger partial charge in [-0.1, -0.05) is 171 Å². The first-order chi connectivity index (χ1) is 38.2. The van der Waals surface area contributed by atoms with Gasteiger partial charge in [-0.05, 0) is 148 Å². The number of rotatable bonds is 36. The van der Waals surface area contributed by atoms with Crippen LogP contribution in [0.5, 0.6) is 0 Å². The summed E-state index contributed by atoms with van der Waals surface area (Å²) < 4.78 is 40.5. The Bertz CT molecular complexity index is 2890. The van der Waals surface area contributed by atoms with Crippen molar-refractivity contribution in [1.29, 1.82) is 0 Å². The predicted molar refractivity (Wildman–Crippen MR) is 346 cm³/mol. The Morgan fingerprint density at radius 3 is 1.12 bits per heavy atom. The summed E-state index contributed by atoms with van der Waals surface area (Å²) in [5.41, 5.74) is 8.41. The molecule has 0 fully saturated rings. The Kier molecular flexibility index (Phi) is 23.7. The Hall–Kier alpha value is -3.56. The molecule has 0 N–H and O–H groups in total. The summed E-state index contributed by atoms with van der Waals surface area (Å²) in [5.74, 6) is 0.565. The van der Waals surface area contributed by atoms with E-state index in [0.717, 1.165) is 133 Å². The minimum atomic E-state index is -0.162. The molecule has 0 aliphatic rings. The fourth-order valence-electron chi connectivity index (χ4n) is 12.2. The first kappa shape index (κ1) is 60.5. The minimum absolute atomic E-state index is 0.162. The lowest BCUT2D eigenvalue weighted by molar-refractivity contribution is 0.399. The number of halogens is 2. The molecule has 0 aliphatic heterocycles. The van der Waals surface area contributed by atoms with E-state index < -0.39 is 0 Å². The average molecular weight is 1130 g/mol. The highest BCUT2D eigenvalue weighted by Crippen LogP contribution is 2.48. The molecular formula is C70H96F2N2S4. The highest BCUT2D eigenvalue weighted by molar-refractivity contribution is 7.24. The summed E-state index contributed by atoms with van der Waals surface area (Å²) in [6.45, 7) is 20.0. The van der Waals surface area contributed by atoms with Crippen LogP contribution in [-0.2, 0) is 38.8 Å². The number of aryl methyl sites for hydroxylation is 4. The summed E-state index contributed by atoms with van der Waals surface area (Å²) in [6, 6.07) is 22.2. The van der Waals surface area contributed by atoms with Gasteiger partial charge in [-0.25, -0.2) is 8.78 Å². The van der Waals surface area contributed by atoms with Gasteiger partial charge in [0.25, 0.3) is 0 Å². The Balaban J connectivity index is 1.30. The fraction of sp³-hybridized carbons (Fsp3) is 0.571. The number of benzene rings is 2. The van der Waals surface area contributed by atoms with Crippen molar-refractivity contribution in [2.24, 2.45) is 11.8 Å². The van der Waals surface area contributed by atoms with E-state index in [0.29, 0.717) is 23.0 Å². The molecule has 2 nitrogen and oxygen atoms in total. The molecule has 0 saturated heterocycles. The molecule has 424 valence electrons. The summed E-state index contributed by atoms with van der Waals surface area (Å²) in [7, 11) is 0. The van der Waals surface area contributed by atoms with Crippen LogP contribution < -0.4 is 0 Å². The van der Waals surface area contributed by atoms with Crippen molar-refractivity contribution in [3.05, 3.63) is 93.2 Å². The summed E-state index contributed by atoms with van der Waals surface area (Å²) in [4.78, 5) is 10.2. The number of thiophene rings is 4. The maximum atomic E-state index is 17.7. The Labute approximate surface area is 486 Å². The van der Waals surface area contributed by atoms with Gasteiger partial charge in [0.2, 0.25) is 0 Å². The lowest BCUT2D eigenvalue weighted by Gasteiger charge is -2.18. The van der Waals surface area contributed by atoms with E-state index in [-0.39, 0.29) is 11.6 Å². The van der Waals surface area contributed by atoms with Crippen molar-refractivity contribution in [2.75, 3.05) is 0 Å². The molecule has 78 heavy (non-hydrogen) atoms. The monoisotopic (exact) mass is 1130 g/mol. The normalized spacial score (nSPS) is 12.9. The molecule has 0 saturated carbocycles. The number of hydrogen-bond donors (Lipinski definition) is 0. The van der Waals surface area contributed by atoms with Crippen molar-refractivity contribution in [2.45, 2.75) is 248 Å². The van der Waals surface area contributed by atoms with Crippen molar-refractivity contribution < 1.29 is 8.78 Å². The van der Waals surface area contributed by atoms with Gasteiger partial charge >= 0.3 is 0 Å². The Morgan fingerprint density at radius 1 is 0.385 bits per heavy atom. The van der Waals surface area contributed by atoms with Crippen molar-refractivity contribution in [3.63, 3.8) is 0 Å². The molecular weight excluding hydrogens is 1040 g/mol. The lowest BCUT2D eigenvalue weighted by atomic mass is 9.99. The van der Waals surface area contributed by atoms with Crippen LogP contribution in [0.2, 0.25) is 0 Å². The maximum absolute atomic E-state index is 17.7. The van der Waals surface area contributed by atoms with Gasteiger partial charge < -0.3 is 9.13 Å². The van der Waals surface area contributed by atoms with Gasteiger partial charge in [0.15, 0.2) is 0 Å². The van der Waals surface area contributed by atoms with Crippen LogP contribution in [0.3, 0.4) is 0 Å². The van der Waals surface area contributed by atoms with E-state index in [2.05, 4.69) is 113 Å². The van der Waals surface area contributed by atoms with Gasteiger partial charge in [0.1, 0.15) is 11.6 Å². The number of hydrogen-bond acceptors (Lipinski definition) is 4. The largest absolute Gasteiger partial charge is 0.338 e. The zero-order valence-electron chi connectivity index (χ0n) is 49.4. The number of aromatic nitrogens is 2. The van der Waals surface area contributed by atoms with Crippen LogP contribution in [0, 0.1) is 23.5 Å². The van der Waals surface area contributed by atoms with E-state index in [4.69, 9.17) is 0 Å². The first-order valence-corrected chi connectivity index (χ1v) is 34.9. The van der Waals surface area contributed by atoms with Crippen LogP contribution in [0.1, 0.15) is 230 Å². The van der Waals surface area contributed by atoms with Crippen LogP contribution in [-0.4, -0.2) is 9.13 Å². The molecule has 0 radical (unpaired) electrons. The fourth-order valence-corrected chi connectivity index (χ4v) is 17.1. The standard InChI is InChI=1S/C70H96F2N2S4/c1-9-17-23-27-33-51-41-65(77-69(51)63-39-37-53(75-63)35-29-25-19-11-3)55-45-61-57(43-59(55)71)67-68(73(61)47-49(15-7)31-21-13-5)58-44-60(72)56(46-62(58)74(67)48-50(16-8)32-22-14-6)66-42-52(34-28-24-18-10-2)70(78-66)64-40-38-54(76-64)36-30-26-20-12-4/h37-46,49-50H,9-36,47-48H2,1-8H3. The third-order valence-corrected chi connectivity index (χ3v) is 22.1. The molecule has 2 unspecified atom stereocenters. The van der Waals surface area contributed by atoms with E-state index >= 15 is 8.78 Å². The van der Waals surface area contributed by atoms with Crippen molar-refractivity contribution in [1.82, 2.24) is 9.13 Å². The lowest BCUT2D eigenvalue weighted by Crippen LogP contribution is -2.10. The Morgan fingerprint density at radius 2 is 0.756 bits per heavy atom. The van der Waals surface area contributed by atoms with Gasteiger partial charge in [0.05, 0.1) is 22.1 Å². The van der Waals surface area contributed by atoms with Gasteiger partial charge in [-0.15, -0.1) is 45.3 Å². The van der Waals surface area contributed by atoms with Crippen molar-refractivity contribution >= 4 is 78.2 Å². The minimum Gasteiger partial charge on any atom is -0.338 e. The zero-order chi connectivity index (χ0) is 55.0. The van der Waals surface area contributed by atoms with E-state index in [9.17, 15) is 0 Å². The molecule has 8 rings (SSSR count). The number of nitrogens with zero attached hydrogens (tertiary/aromatic N) is 2. The predicted octanol–water partition coefficient (Wildman–Crippen LogP) is 24.9. The summed E-state index contributed by atoms with van der Waals surface area (Å²) in [5, 5.41) is 1.91. The molecule has 0 aliphatic carbocycles. The second-order valence-corrected chi connectivity index (χ2v) is 27.6. The third-order valence-electron chi connectivity index (χ3n) is 17.1. The quantitative estimate of drug-likeness (QED) is 0.0347. The average Bonchev–Trinajstić information content (AvgIpc) is 4.46. The smallest absolute Gasteiger partial charge is 0.132 e. The van der Waals surface area contributed by atoms with Crippen LogP contribution in [0.15, 0.2) is 60.7 Å². The molecule has 0 spiro atoms. The molecule has 2 aromatic carbocycles. The van der Waals surface area contributed by atoms with Crippen LogP contribution >= 0.6 is 45.3 Å². The number of fused-ring (bicyclic) bond motifs is 5. The highest BCUT2D eigenvalue weighted by atomic mass is 32.1. The number of unbranched alkanes of at least 4 members (excludes halogenated alkanes) is 14. The second kappa shape index (κ2) is 30.5. The van der Waals surface area contributed by atoms with E-state index in [1.807, 2.05) is 34.8 Å². The topological polar surface area (TPSA) is 9.86 Å². The summed E-state index contributed by atoms with van der Waals surface area (Å²) >= 11 is 7.47. The molecule has 6 heterocycles. The molecule has 8 aromatic rings. The molecule has 8 heteroatoms. The molecule has 6 aromatic heterocycles. The van der Waals surface area contributed by atoms with Gasteiger partial charge in [-0.2, -0.15) is 0 Å². The molecule has 0 bridgehead atoms. The molecule has 2 atom stereocenters. The third kappa shape index (κ3) is 14.7. The second-order valence-electron chi connectivity index (χ2n) is 23.2. The van der Waals surface area contributed by atoms with Gasteiger partial charge in [0, 0.05) is 74.0 Å². The van der Waals surface area contributed by atoms with E-state index in [1.54, 1.807) is 22.7 Å².